The molecule has 0 spiro atoms. The number of nitro groups is 1. The van der Waals surface area contributed by atoms with Gasteiger partial charge in [0.05, 0.1) is 23.3 Å². The van der Waals surface area contributed by atoms with E-state index < -0.39 is 4.92 Å². The number of hydrogen-bond donors (Lipinski definition) is 1. The quantitative estimate of drug-likeness (QED) is 0.215. The summed E-state index contributed by atoms with van der Waals surface area (Å²) < 4.78 is 11.3. The first-order valence-electron chi connectivity index (χ1n) is 10.4. The highest BCUT2D eigenvalue weighted by atomic mass is 16.6. The lowest BCUT2D eigenvalue weighted by atomic mass is 10.1. The van der Waals surface area contributed by atoms with Gasteiger partial charge >= 0.3 is 0 Å². The van der Waals surface area contributed by atoms with Crippen molar-refractivity contribution in [1.82, 2.24) is 4.98 Å². The van der Waals surface area contributed by atoms with Gasteiger partial charge in [-0.3, -0.25) is 15.1 Å². The van der Waals surface area contributed by atoms with Gasteiger partial charge in [0, 0.05) is 23.4 Å². The molecule has 0 atom stereocenters. The lowest BCUT2D eigenvalue weighted by Gasteiger charge is -2.08. The van der Waals surface area contributed by atoms with Crippen LogP contribution in [0.5, 0.6) is 11.5 Å². The summed E-state index contributed by atoms with van der Waals surface area (Å²) >= 11 is 0. The molecular weight excluding hydrogens is 422 g/mol. The van der Waals surface area contributed by atoms with Crippen molar-refractivity contribution in [3.05, 3.63) is 74.8 Å². The van der Waals surface area contributed by atoms with Crippen molar-refractivity contribution >= 4 is 28.7 Å². The number of phenols is 1. The molecule has 3 aromatic carbocycles. The number of aliphatic imine (C=N–C) groups is 1. The van der Waals surface area contributed by atoms with E-state index in [0.29, 0.717) is 11.6 Å². The molecule has 0 unspecified atom stereocenters. The zero-order chi connectivity index (χ0) is 23.7. The molecule has 0 aliphatic heterocycles. The monoisotopic (exact) mass is 445 g/mol. The molecule has 0 amide bonds. The molecule has 0 fully saturated rings. The molecular formula is C25H23N3O5. The maximum Gasteiger partial charge on any atom is 0.274 e. The van der Waals surface area contributed by atoms with E-state index in [0.717, 1.165) is 33.4 Å². The van der Waals surface area contributed by atoms with E-state index in [4.69, 9.17) is 9.15 Å². The first-order chi connectivity index (χ1) is 15.8. The van der Waals surface area contributed by atoms with Crippen molar-refractivity contribution < 1.29 is 19.2 Å². The molecule has 33 heavy (non-hydrogen) atoms. The van der Waals surface area contributed by atoms with E-state index in [1.165, 1.54) is 18.3 Å². The molecule has 1 heterocycles. The highest BCUT2D eigenvalue weighted by molar-refractivity contribution is 5.88. The Labute approximate surface area is 190 Å². The number of hydrogen-bond acceptors (Lipinski definition) is 7. The lowest BCUT2D eigenvalue weighted by Crippen LogP contribution is -1.97. The Bertz CT molecular complexity index is 1410. The molecule has 0 saturated heterocycles. The van der Waals surface area contributed by atoms with Crippen LogP contribution in [0.2, 0.25) is 0 Å². The molecule has 8 nitrogen and oxygen atoms in total. The molecule has 0 aliphatic rings. The zero-order valence-electron chi connectivity index (χ0n) is 18.7. The van der Waals surface area contributed by atoms with E-state index in [-0.39, 0.29) is 29.4 Å². The minimum Gasteiger partial charge on any atom is -0.504 e. The zero-order valence-corrected chi connectivity index (χ0v) is 18.7. The third-order valence-corrected chi connectivity index (χ3v) is 5.22. The Hall–Kier alpha value is -4.20. The minimum atomic E-state index is -0.540. The van der Waals surface area contributed by atoms with Gasteiger partial charge in [0.25, 0.3) is 5.69 Å². The summed E-state index contributed by atoms with van der Waals surface area (Å²) in [7, 11) is 0. The molecule has 168 valence electrons. The molecule has 8 heteroatoms. The number of non-ortho nitro benzene ring substituents is 1. The van der Waals surface area contributed by atoms with Crippen LogP contribution in [0.15, 0.2) is 51.9 Å². The average molecular weight is 445 g/mol. The predicted octanol–water partition coefficient (Wildman–Crippen LogP) is 6.18. The average Bonchev–Trinajstić information content (AvgIpc) is 3.19. The third kappa shape index (κ3) is 4.41. The van der Waals surface area contributed by atoms with Crippen LogP contribution in [0, 0.1) is 30.9 Å². The van der Waals surface area contributed by atoms with Crippen LogP contribution in [-0.2, 0) is 0 Å². The minimum absolute atomic E-state index is 0.0377. The summed E-state index contributed by atoms with van der Waals surface area (Å²) in [6.45, 7) is 7.89. The van der Waals surface area contributed by atoms with Crippen LogP contribution in [0.4, 0.5) is 11.4 Å². The Kier molecular flexibility index (Phi) is 5.83. The highest BCUT2D eigenvalue weighted by Gasteiger charge is 2.17. The second kappa shape index (κ2) is 8.74. The van der Waals surface area contributed by atoms with Crippen LogP contribution in [0.25, 0.3) is 22.6 Å². The van der Waals surface area contributed by atoms with Crippen LogP contribution < -0.4 is 4.74 Å². The third-order valence-electron chi connectivity index (χ3n) is 5.22. The van der Waals surface area contributed by atoms with Gasteiger partial charge in [0.2, 0.25) is 5.89 Å². The van der Waals surface area contributed by atoms with Gasteiger partial charge < -0.3 is 14.3 Å². The largest absolute Gasteiger partial charge is 0.504 e. The number of ether oxygens (including phenoxy) is 1. The molecule has 4 rings (SSSR count). The van der Waals surface area contributed by atoms with Crippen molar-refractivity contribution in [1.29, 1.82) is 0 Å². The fraction of sp³-hybridized carbons (Fsp3) is 0.200. The molecule has 0 aliphatic carbocycles. The Morgan fingerprint density at radius 1 is 1.15 bits per heavy atom. The van der Waals surface area contributed by atoms with Crippen LogP contribution in [0.3, 0.4) is 0 Å². The summed E-state index contributed by atoms with van der Waals surface area (Å²) in [6, 6.07) is 12.1. The normalized spacial score (nSPS) is 11.4. The molecule has 0 bridgehead atoms. The first-order valence-corrected chi connectivity index (χ1v) is 10.4. The van der Waals surface area contributed by atoms with Crippen molar-refractivity contribution in [2.75, 3.05) is 6.61 Å². The Morgan fingerprint density at radius 3 is 2.67 bits per heavy atom. The van der Waals surface area contributed by atoms with E-state index in [1.807, 2.05) is 51.1 Å². The van der Waals surface area contributed by atoms with Gasteiger partial charge in [-0.05, 0) is 62.6 Å². The molecule has 1 N–H and O–H groups in total. The first kappa shape index (κ1) is 22.0. The molecule has 0 saturated carbocycles. The van der Waals surface area contributed by atoms with E-state index in [9.17, 15) is 15.2 Å². The smallest absolute Gasteiger partial charge is 0.274 e. The van der Waals surface area contributed by atoms with Crippen LogP contribution >= 0.6 is 0 Å². The number of rotatable bonds is 6. The summed E-state index contributed by atoms with van der Waals surface area (Å²) in [6.07, 6.45) is 1.39. The van der Waals surface area contributed by atoms with Crippen LogP contribution in [0.1, 0.15) is 29.2 Å². The van der Waals surface area contributed by atoms with E-state index in [2.05, 4.69) is 9.98 Å². The maximum absolute atomic E-state index is 11.3. The van der Waals surface area contributed by atoms with Crippen molar-refractivity contribution in [2.45, 2.75) is 27.7 Å². The number of benzene rings is 3. The van der Waals surface area contributed by atoms with Gasteiger partial charge in [-0.15, -0.1) is 0 Å². The molecule has 4 aromatic rings. The summed E-state index contributed by atoms with van der Waals surface area (Å²) in [5.41, 5.74) is 5.89. The predicted molar refractivity (Wildman–Crippen MR) is 127 cm³/mol. The number of aryl methyl sites for hydroxylation is 3. The number of aromatic hydroxyl groups is 1. The molecule has 1 aromatic heterocycles. The van der Waals surface area contributed by atoms with E-state index in [1.54, 1.807) is 6.92 Å². The van der Waals surface area contributed by atoms with Crippen molar-refractivity contribution in [3.63, 3.8) is 0 Å². The van der Waals surface area contributed by atoms with Gasteiger partial charge in [-0.25, -0.2) is 4.98 Å². The van der Waals surface area contributed by atoms with Crippen LogP contribution in [-0.4, -0.2) is 27.8 Å². The summed E-state index contributed by atoms with van der Waals surface area (Å²) in [4.78, 5) is 19.8. The van der Waals surface area contributed by atoms with Crippen molar-refractivity contribution in [2.24, 2.45) is 4.99 Å². The lowest BCUT2D eigenvalue weighted by molar-refractivity contribution is -0.385. The van der Waals surface area contributed by atoms with Crippen molar-refractivity contribution in [3.8, 4) is 23.0 Å². The number of oxazole rings is 1. The SMILES string of the molecule is CCOc1cc([N+](=O)[O-])cc(C=Nc2cc(-c3nc4cc(C)cc(C)c4o3)ccc2C)c1O. The summed E-state index contributed by atoms with van der Waals surface area (Å²) in [5.74, 6) is 0.313. The Morgan fingerprint density at radius 2 is 1.94 bits per heavy atom. The van der Waals surface area contributed by atoms with Gasteiger partial charge in [0.15, 0.2) is 17.1 Å². The Balaban J connectivity index is 1.74. The fourth-order valence-electron chi connectivity index (χ4n) is 3.60. The summed E-state index contributed by atoms with van der Waals surface area (Å²) in [5, 5.41) is 21.7. The number of nitrogens with zero attached hydrogens (tertiary/aromatic N) is 3. The number of aromatic nitrogens is 1. The fourth-order valence-corrected chi connectivity index (χ4v) is 3.60. The second-order valence-corrected chi connectivity index (χ2v) is 7.78. The molecule has 0 radical (unpaired) electrons. The highest BCUT2D eigenvalue weighted by Crippen LogP contribution is 2.35. The number of fused-ring (bicyclic) bond motifs is 1. The van der Waals surface area contributed by atoms with E-state index >= 15 is 0 Å². The van der Waals surface area contributed by atoms with Gasteiger partial charge in [-0.1, -0.05) is 12.1 Å². The number of nitro benzene ring substituents is 1. The topological polar surface area (TPSA) is 111 Å². The van der Waals surface area contributed by atoms with Gasteiger partial charge in [-0.2, -0.15) is 0 Å². The maximum atomic E-state index is 11.3. The second-order valence-electron chi connectivity index (χ2n) is 7.78. The van der Waals surface area contributed by atoms with Gasteiger partial charge in [0.1, 0.15) is 5.52 Å². The standard InChI is InChI=1S/C25H23N3O5/c1-5-32-22-12-19(28(30)31)10-18(23(22)29)13-26-20-11-17(7-6-15(20)3)25-27-21-9-14(2)8-16(4)24(21)33-25/h6-13,29H,5H2,1-4H3. The number of phenolic OH excluding ortho intramolecular Hbond substituents is 1.